The summed E-state index contributed by atoms with van der Waals surface area (Å²) in [5, 5.41) is 11.3. The van der Waals surface area contributed by atoms with Gasteiger partial charge in [0.15, 0.2) is 11.5 Å². The number of hydrogen-bond donors (Lipinski definition) is 0. The van der Waals surface area contributed by atoms with Gasteiger partial charge in [-0.2, -0.15) is 5.26 Å². The first-order valence-corrected chi connectivity index (χ1v) is 10.3. The molecule has 2 aromatic rings. The number of thiophene rings is 1. The van der Waals surface area contributed by atoms with Crippen molar-refractivity contribution < 1.29 is 28.6 Å². The molecule has 168 valence electrons. The monoisotopic (exact) mass is 457 g/mol. The molecule has 10 heteroatoms. The van der Waals surface area contributed by atoms with E-state index < -0.39 is 18.2 Å². The Hall–Kier alpha value is -3.84. The third-order valence-corrected chi connectivity index (χ3v) is 4.84. The number of hydrogen-bond acceptors (Lipinski definition) is 8. The number of carbonyl (C=O) groups is 3. The second kappa shape index (κ2) is 11.5. The van der Waals surface area contributed by atoms with Gasteiger partial charge in [-0.3, -0.25) is 0 Å². The topological polar surface area (TPSA) is 109 Å². The summed E-state index contributed by atoms with van der Waals surface area (Å²) in [5.74, 6) is -0.803. The van der Waals surface area contributed by atoms with E-state index in [1.54, 1.807) is 11.3 Å². The fraction of sp³-hybridized carbons (Fsp3) is 0.273. The molecule has 0 aliphatic carbocycles. The first kappa shape index (κ1) is 24.4. The standard InChI is InChI=1S/C22H23N3O6S/c1-24(2)21(27)30-18-8-7-15(13-19(18)31-22(28)25(3)4)12-16(14-23)20(26)29-10-9-17-6-5-11-32-17/h5-8,11-13H,9-10H2,1-4H3. The van der Waals surface area contributed by atoms with Gasteiger partial charge in [-0.1, -0.05) is 12.1 Å². The van der Waals surface area contributed by atoms with Crippen molar-refractivity contribution >= 4 is 35.6 Å². The minimum Gasteiger partial charge on any atom is -0.461 e. The lowest BCUT2D eigenvalue weighted by atomic mass is 10.1. The fourth-order valence-corrected chi connectivity index (χ4v) is 2.92. The zero-order valence-electron chi connectivity index (χ0n) is 18.2. The molecule has 1 aromatic heterocycles. The van der Waals surface area contributed by atoms with Crippen LogP contribution in [0.4, 0.5) is 9.59 Å². The van der Waals surface area contributed by atoms with Crippen molar-refractivity contribution in [1.29, 1.82) is 5.26 Å². The predicted molar refractivity (Wildman–Crippen MR) is 118 cm³/mol. The molecular formula is C22H23N3O6S. The van der Waals surface area contributed by atoms with Crippen molar-refractivity contribution in [2.45, 2.75) is 6.42 Å². The molecule has 0 atom stereocenters. The molecule has 32 heavy (non-hydrogen) atoms. The summed E-state index contributed by atoms with van der Waals surface area (Å²) in [5.41, 5.74) is 0.155. The summed E-state index contributed by atoms with van der Waals surface area (Å²) in [6.07, 6.45) is 0.501. The van der Waals surface area contributed by atoms with Crippen LogP contribution in [0, 0.1) is 11.3 Å². The summed E-state index contributed by atoms with van der Waals surface area (Å²) < 4.78 is 15.7. The van der Waals surface area contributed by atoms with Crippen molar-refractivity contribution in [3.63, 3.8) is 0 Å². The molecule has 0 aliphatic heterocycles. The highest BCUT2D eigenvalue weighted by atomic mass is 32.1. The van der Waals surface area contributed by atoms with Gasteiger partial charge in [0, 0.05) is 39.5 Å². The summed E-state index contributed by atoms with van der Waals surface area (Å²) in [7, 11) is 6.01. The van der Waals surface area contributed by atoms with Gasteiger partial charge >= 0.3 is 18.2 Å². The van der Waals surface area contributed by atoms with E-state index in [9.17, 15) is 19.6 Å². The van der Waals surface area contributed by atoms with Gasteiger partial charge in [-0.05, 0) is 35.2 Å². The Kier molecular flexibility index (Phi) is 8.80. The van der Waals surface area contributed by atoms with Crippen molar-refractivity contribution in [1.82, 2.24) is 9.80 Å². The predicted octanol–water partition coefficient (Wildman–Crippen LogP) is 3.56. The van der Waals surface area contributed by atoms with Gasteiger partial charge in [-0.25, -0.2) is 14.4 Å². The molecular weight excluding hydrogens is 434 g/mol. The Bertz CT molecular complexity index is 1040. The third kappa shape index (κ3) is 7.14. The van der Waals surface area contributed by atoms with E-state index in [1.165, 1.54) is 62.3 Å². The molecule has 0 unspecified atom stereocenters. The smallest absolute Gasteiger partial charge is 0.414 e. The number of esters is 1. The van der Waals surface area contributed by atoms with Crippen molar-refractivity contribution in [2.75, 3.05) is 34.8 Å². The Morgan fingerprint density at radius 2 is 1.69 bits per heavy atom. The SMILES string of the molecule is CN(C)C(=O)Oc1ccc(C=C(C#N)C(=O)OCCc2cccs2)cc1OC(=O)N(C)C. The van der Waals surface area contributed by atoms with Crippen molar-refractivity contribution in [3.05, 3.63) is 51.7 Å². The molecule has 0 aliphatic rings. The molecule has 0 saturated heterocycles. The van der Waals surface area contributed by atoms with Gasteiger partial charge in [0.1, 0.15) is 11.6 Å². The molecule has 9 nitrogen and oxygen atoms in total. The molecule has 1 aromatic carbocycles. The quantitative estimate of drug-likeness (QED) is 0.355. The summed E-state index contributed by atoms with van der Waals surface area (Å²) >= 11 is 1.55. The second-order valence-corrected chi connectivity index (χ2v) is 7.90. The zero-order chi connectivity index (χ0) is 23.7. The van der Waals surface area contributed by atoms with E-state index in [0.29, 0.717) is 12.0 Å². The minimum atomic E-state index is -0.765. The van der Waals surface area contributed by atoms with Crippen LogP contribution in [-0.2, 0) is 16.0 Å². The van der Waals surface area contributed by atoms with E-state index >= 15 is 0 Å². The number of amides is 2. The second-order valence-electron chi connectivity index (χ2n) is 6.87. The summed E-state index contributed by atoms with van der Waals surface area (Å²) in [6.45, 7) is 0.142. The van der Waals surface area contributed by atoms with Crippen LogP contribution in [-0.4, -0.2) is 62.8 Å². The number of ether oxygens (including phenoxy) is 3. The highest BCUT2D eigenvalue weighted by Crippen LogP contribution is 2.30. The number of benzene rings is 1. The van der Waals surface area contributed by atoms with E-state index in [2.05, 4.69) is 0 Å². The molecule has 2 rings (SSSR count). The molecule has 2 amide bonds. The van der Waals surface area contributed by atoms with Crippen molar-refractivity contribution in [3.8, 4) is 17.6 Å². The lowest BCUT2D eigenvalue weighted by Gasteiger charge is -2.16. The maximum Gasteiger partial charge on any atom is 0.414 e. The summed E-state index contributed by atoms with van der Waals surface area (Å²) in [6, 6.07) is 9.96. The Balaban J connectivity index is 2.22. The van der Waals surface area contributed by atoms with Gasteiger partial charge in [0.25, 0.3) is 0 Å². The van der Waals surface area contributed by atoms with Crippen LogP contribution in [0.3, 0.4) is 0 Å². The number of nitrogens with zero attached hydrogens (tertiary/aromatic N) is 3. The van der Waals surface area contributed by atoms with E-state index in [0.717, 1.165) is 4.88 Å². The van der Waals surface area contributed by atoms with Gasteiger partial charge in [0.2, 0.25) is 0 Å². The maximum atomic E-state index is 12.3. The van der Waals surface area contributed by atoms with Crippen LogP contribution in [0.25, 0.3) is 6.08 Å². The first-order chi connectivity index (χ1) is 15.2. The average molecular weight is 458 g/mol. The van der Waals surface area contributed by atoms with Crippen LogP contribution in [0.15, 0.2) is 41.3 Å². The Morgan fingerprint density at radius 1 is 1.03 bits per heavy atom. The molecule has 0 fully saturated rings. The van der Waals surface area contributed by atoms with E-state index in [-0.39, 0.29) is 23.7 Å². The van der Waals surface area contributed by atoms with Gasteiger partial charge in [0.05, 0.1) is 6.61 Å². The summed E-state index contributed by atoms with van der Waals surface area (Å²) in [4.78, 5) is 39.7. The molecule has 0 bridgehead atoms. The van der Waals surface area contributed by atoms with Crippen molar-refractivity contribution in [2.24, 2.45) is 0 Å². The number of rotatable bonds is 7. The zero-order valence-corrected chi connectivity index (χ0v) is 19.0. The Morgan fingerprint density at radius 3 is 2.25 bits per heavy atom. The highest BCUT2D eigenvalue weighted by Gasteiger charge is 2.17. The van der Waals surface area contributed by atoms with E-state index in [4.69, 9.17) is 14.2 Å². The van der Waals surface area contributed by atoms with Crippen LogP contribution >= 0.6 is 11.3 Å². The normalized spacial score (nSPS) is 10.7. The first-order valence-electron chi connectivity index (χ1n) is 9.45. The number of nitriles is 1. The fourth-order valence-electron chi connectivity index (χ4n) is 2.23. The number of carbonyl (C=O) groups excluding carboxylic acids is 3. The molecule has 0 saturated carbocycles. The molecule has 0 N–H and O–H groups in total. The Labute approximate surface area is 190 Å². The van der Waals surface area contributed by atoms with Crippen LogP contribution < -0.4 is 9.47 Å². The van der Waals surface area contributed by atoms with Gasteiger partial charge < -0.3 is 24.0 Å². The van der Waals surface area contributed by atoms with Crippen LogP contribution in [0.2, 0.25) is 0 Å². The molecule has 0 radical (unpaired) electrons. The van der Waals surface area contributed by atoms with E-state index in [1.807, 2.05) is 23.6 Å². The van der Waals surface area contributed by atoms with Gasteiger partial charge in [-0.15, -0.1) is 11.3 Å². The largest absolute Gasteiger partial charge is 0.461 e. The minimum absolute atomic E-state index is 0.00748. The third-order valence-electron chi connectivity index (χ3n) is 3.91. The maximum absolute atomic E-state index is 12.3. The van der Waals surface area contributed by atoms with Crippen LogP contribution in [0.5, 0.6) is 11.5 Å². The van der Waals surface area contributed by atoms with Crippen LogP contribution in [0.1, 0.15) is 10.4 Å². The average Bonchev–Trinajstić information content (AvgIpc) is 3.26. The highest BCUT2D eigenvalue weighted by molar-refractivity contribution is 7.09. The molecule has 1 heterocycles. The molecule has 0 spiro atoms. The lowest BCUT2D eigenvalue weighted by Crippen LogP contribution is -2.27. The lowest BCUT2D eigenvalue weighted by molar-refractivity contribution is -0.138.